The van der Waals surface area contributed by atoms with E-state index in [-0.39, 0.29) is 5.75 Å². The summed E-state index contributed by atoms with van der Waals surface area (Å²) >= 11 is 0. The van der Waals surface area contributed by atoms with Gasteiger partial charge in [-0.25, -0.2) is 0 Å². The van der Waals surface area contributed by atoms with E-state index in [0.29, 0.717) is 0 Å². The van der Waals surface area contributed by atoms with E-state index < -0.39 is 0 Å². The molecular weight excluding hydrogens is 627 g/mol. The van der Waals surface area contributed by atoms with Crippen LogP contribution in [0.2, 0.25) is 0 Å². The number of H-pyrrole nitrogens is 2. The summed E-state index contributed by atoms with van der Waals surface area (Å²) in [5.74, 6) is 0.239. The average Bonchev–Trinajstić information content (AvgIpc) is 3.90. The Morgan fingerprint density at radius 1 is 0.490 bits per heavy atom. The second-order valence-corrected chi connectivity index (χ2v) is 12.9. The van der Waals surface area contributed by atoms with Gasteiger partial charge in [0, 0.05) is 34.0 Å². The number of nitrogens with zero attached hydrogens (tertiary/aromatic N) is 3. The Morgan fingerprint density at radius 2 is 1.12 bits per heavy atom. The van der Waals surface area contributed by atoms with Gasteiger partial charge in [0.15, 0.2) is 0 Å². The van der Waals surface area contributed by atoms with Crippen LogP contribution >= 0.6 is 0 Å². The molecule has 0 aliphatic carbocycles. The predicted molar refractivity (Wildman–Crippen MR) is 207 cm³/mol. The molecule has 7 aromatic carbocycles. The van der Waals surface area contributed by atoms with E-state index in [1.807, 2.05) is 48.7 Å². The maximum Gasteiger partial charge on any atom is 0.124 e. The van der Waals surface area contributed by atoms with Crippen LogP contribution in [0.25, 0.3) is 88.6 Å². The molecule has 0 amide bonds. The first kappa shape index (κ1) is 30.3. The molecule has 0 fully saturated rings. The first-order valence-electron chi connectivity index (χ1n) is 17.0. The number of nitrogens with one attached hydrogen (secondary N) is 2. The number of aromatic amines is 2. The maximum atomic E-state index is 11.9. The molecule has 0 bridgehead atoms. The third-order valence-corrected chi connectivity index (χ3v) is 10.1. The summed E-state index contributed by atoms with van der Waals surface area (Å²) in [4.78, 5) is 0. The van der Waals surface area contributed by atoms with Crippen molar-refractivity contribution in [2.75, 3.05) is 0 Å². The number of phenolic OH excluding ortho intramolecular Hbond substituents is 1. The summed E-state index contributed by atoms with van der Waals surface area (Å²) in [6.45, 7) is 4.38. The van der Waals surface area contributed by atoms with Gasteiger partial charge in [-0.05, 0) is 80.4 Å². The minimum absolute atomic E-state index is 0.239. The molecule has 0 saturated heterocycles. The molecule has 2 heterocycles. The number of fused-ring (bicyclic) bond motifs is 2. The Bertz CT molecular complexity index is 2740. The highest BCUT2D eigenvalue weighted by atomic mass is 16.3. The second-order valence-electron chi connectivity index (χ2n) is 12.9. The number of aromatic nitrogens is 5. The highest BCUT2D eigenvalue weighted by Gasteiger charge is 2.26. The molecule has 0 aliphatic heterocycles. The lowest BCUT2D eigenvalue weighted by molar-refractivity contribution is 0.478. The van der Waals surface area contributed by atoms with Crippen LogP contribution in [0.3, 0.4) is 0 Å². The van der Waals surface area contributed by atoms with Crippen molar-refractivity contribution in [1.82, 2.24) is 25.6 Å². The van der Waals surface area contributed by atoms with Gasteiger partial charge in [-0.3, -0.25) is 10.2 Å². The zero-order chi connectivity index (χ0) is 34.5. The number of aryl methyl sites for hydroxylation is 1. The molecule has 244 valence electrons. The highest BCUT2D eigenvalue weighted by Crippen LogP contribution is 2.51. The van der Waals surface area contributed by atoms with Crippen LogP contribution in [0.4, 0.5) is 0 Å². The molecule has 9 aromatic rings. The Labute approximate surface area is 295 Å². The van der Waals surface area contributed by atoms with E-state index >= 15 is 0 Å². The Morgan fingerprint density at radius 3 is 1.88 bits per heavy atom. The normalized spacial score (nSPS) is 11.4. The van der Waals surface area contributed by atoms with Crippen molar-refractivity contribution in [3.8, 4) is 72.8 Å². The fraction of sp³-hybridized carbons (Fsp3) is 0.0444. The summed E-state index contributed by atoms with van der Waals surface area (Å²) in [6, 6.07) is 46.0. The Balaban J connectivity index is 1.39. The van der Waals surface area contributed by atoms with Gasteiger partial charge in [-0.2, -0.15) is 5.10 Å². The van der Waals surface area contributed by atoms with Crippen LogP contribution in [0.5, 0.6) is 5.75 Å². The number of benzene rings is 7. The lowest BCUT2D eigenvalue weighted by Crippen LogP contribution is -1.99. The molecule has 0 saturated carbocycles. The van der Waals surface area contributed by atoms with Crippen LogP contribution in [-0.2, 0) is 0 Å². The third kappa shape index (κ3) is 4.99. The first-order valence-corrected chi connectivity index (χ1v) is 17.0. The molecule has 0 unspecified atom stereocenters. The first-order chi connectivity index (χ1) is 25.1. The molecule has 3 N–H and O–H groups in total. The van der Waals surface area contributed by atoms with E-state index in [1.54, 1.807) is 6.20 Å². The fourth-order valence-corrected chi connectivity index (χ4v) is 7.59. The van der Waals surface area contributed by atoms with E-state index in [1.165, 1.54) is 10.9 Å². The van der Waals surface area contributed by atoms with Crippen molar-refractivity contribution in [3.05, 3.63) is 157 Å². The second kappa shape index (κ2) is 12.3. The summed E-state index contributed by atoms with van der Waals surface area (Å²) in [6.07, 6.45) is 3.77. The van der Waals surface area contributed by atoms with Gasteiger partial charge in [0.05, 0.1) is 6.20 Å². The minimum Gasteiger partial charge on any atom is -0.507 e. The molecule has 9 rings (SSSR count). The molecule has 51 heavy (non-hydrogen) atoms. The van der Waals surface area contributed by atoms with Crippen molar-refractivity contribution in [2.24, 2.45) is 0 Å². The molecule has 0 atom stereocenters. The number of rotatable bonds is 6. The summed E-state index contributed by atoms with van der Waals surface area (Å²) < 4.78 is 0. The third-order valence-electron chi connectivity index (χ3n) is 10.1. The standard InChI is InChI=1S/C45H33N5O/c1-27-24-38(33-17-7-8-18-34(33)39-25-46-49-45(39)37-20-10-9-19-35(37)40-26-47-50-48-40)44(43-32-16-6-4-13-30(32)22-23-41(43)51)42(28(27)2)36-21-11-14-29-12-3-5-15-31(29)36/h3-26,51H,1-2H3,(H,46,49)(H,47,48,50). The molecule has 0 aliphatic rings. The molecule has 6 nitrogen and oxygen atoms in total. The Kier molecular flexibility index (Phi) is 7.29. The largest absolute Gasteiger partial charge is 0.507 e. The van der Waals surface area contributed by atoms with E-state index in [0.717, 1.165) is 88.7 Å². The van der Waals surface area contributed by atoms with Gasteiger partial charge in [0.1, 0.15) is 17.1 Å². The highest BCUT2D eigenvalue weighted by molar-refractivity contribution is 6.12. The number of hydrogen-bond acceptors (Lipinski definition) is 4. The van der Waals surface area contributed by atoms with Gasteiger partial charge in [-0.15, -0.1) is 5.10 Å². The van der Waals surface area contributed by atoms with Crippen molar-refractivity contribution in [2.45, 2.75) is 13.8 Å². The summed E-state index contributed by atoms with van der Waals surface area (Å²) in [7, 11) is 0. The molecule has 6 heteroatoms. The van der Waals surface area contributed by atoms with E-state index in [9.17, 15) is 5.11 Å². The van der Waals surface area contributed by atoms with Crippen molar-refractivity contribution in [3.63, 3.8) is 0 Å². The van der Waals surface area contributed by atoms with Gasteiger partial charge in [0.25, 0.3) is 0 Å². The molecule has 0 radical (unpaired) electrons. The lowest BCUT2D eigenvalue weighted by Gasteiger charge is -2.24. The van der Waals surface area contributed by atoms with Gasteiger partial charge in [0.2, 0.25) is 0 Å². The summed E-state index contributed by atoms with van der Waals surface area (Å²) in [5.41, 5.74) is 13.8. The maximum absolute atomic E-state index is 11.9. The van der Waals surface area contributed by atoms with Crippen molar-refractivity contribution < 1.29 is 5.11 Å². The van der Waals surface area contributed by atoms with Gasteiger partial charge < -0.3 is 5.11 Å². The topological polar surface area (TPSA) is 90.5 Å². The van der Waals surface area contributed by atoms with E-state index in [4.69, 9.17) is 5.10 Å². The molecule has 0 spiro atoms. The van der Waals surface area contributed by atoms with Gasteiger partial charge >= 0.3 is 0 Å². The van der Waals surface area contributed by atoms with Crippen molar-refractivity contribution in [1.29, 1.82) is 0 Å². The molecular formula is C45H33N5O. The monoisotopic (exact) mass is 659 g/mol. The number of phenols is 1. The fourth-order valence-electron chi connectivity index (χ4n) is 7.59. The zero-order valence-corrected chi connectivity index (χ0v) is 28.1. The lowest BCUT2D eigenvalue weighted by atomic mass is 9.79. The van der Waals surface area contributed by atoms with Crippen molar-refractivity contribution >= 4 is 21.5 Å². The SMILES string of the molecule is Cc1cc(-c2ccccc2-c2c[nH]nc2-c2ccccc2-c2c[nH]nn2)c(-c2c(O)ccc3ccccc23)c(-c2cccc3ccccc23)c1C. The van der Waals surface area contributed by atoms with Crippen LogP contribution in [-0.4, -0.2) is 30.7 Å². The quantitative estimate of drug-likeness (QED) is 0.166. The zero-order valence-electron chi connectivity index (χ0n) is 28.1. The smallest absolute Gasteiger partial charge is 0.124 e. The Hall–Kier alpha value is -6.79. The van der Waals surface area contributed by atoms with Crippen LogP contribution in [0.15, 0.2) is 146 Å². The van der Waals surface area contributed by atoms with Crippen LogP contribution < -0.4 is 0 Å². The van der Waals surface area contributed by atoms with Crippen LogP contribution in [0, 0.1) is 13.8 Å². The number of hydrogen-bond donors (Lipinski definition) is 3. The minimum atomic E-state index is 0.239. The summed E-state index contributed by atoms with van der Waals surface area (Å²) in [5, 5.41) is 35.4. The predicted octanol–water partition coefficient (Wildman–Crippen LogP) is 11.2. The van der Waals surface area contributed by atoms with E-state index in [2.05, 4.69) is 125 Å². The average molecular weight is 660 g/mol. The van der Waals surface area contributed by atoms with Crippen LogP contribution in [0.1, 0.15) is 11.1 Å². The van der Waals surface area contributed by atoms with Gasteiger partial charge in [-0.1, -0.05) is 133 Å². The number of aromatic hydroxyl groups is 1. The molecule has 2 aromatic heterocycles.